The number of anilines is 1. The van der Waals surface area contributed by atoms with E-state index in [0.717, 1.165) is 52.1 Å². The highest BCUT2D eigenvalue weighted by Gasteiger charge is 2.15. The van der Waals surface area contributed by atoms with E-state index in [9.17, 15) is 0 Å². The Morgan fingerprint density at radius 2 is 1.90 bits per heavy atom. The second kappa shape index (κ2) is 8.01. The molecule has 2 aromatic carbocycles. The molecule has 0 aliphatic carbocycles. The minimum absolute atomic E-state index is 0.695. The predicted octanol–water partition coefficient (Wildman–Crippen LogP) is 5.33. The van der Waals surface area contributed by atoms with Crippen LogP contribution < -0.4 is 5.32 Å². The van der Waals surface area contributed by atoms with Gasteiger partial charge in [0.15, 0.2) is 0 Å². The van der Waals surface area contributed by atoms with E-state index in [-0.39, 0.29) is 0 Å². The van der Waals surface area contributed by atoms with Crippen molar-refractivity contribution in [2.75, 3.05) is 31.5 Å². The summed E-state index contributed by atoms with van der Waals surface area (Å²) in [5.41, 5.74) is 4.91. The fourth-order valence-electron chi connectivity index (χ4n) is 4.14. The monoisotopic (exact) mass is 405 g/mol. The average molecular weight is 406 g/mol. The molecule has 5 rings (SSSR count). The van der Waals surface area contributed by atoms with E-state index in [4.69, 9.17) is 16.6 Å². The lowest BCUT2D eigenvalue weighted by Crippen LogP contribution is -2.33. The standard InChI is InChI=1S/C23H24ClN5/c24-16-8-9-17-21(14-16)26-15-18(23-27-19-6-2-3-7-20(19)28-23)22(17)25-10-13-29-11-4-1-5-12-29/h2-3,6-9,14-15H,1,4-5,10-13H2,(H,25,26)(H,27,28). The van der Waals surface area contributed by atoms with Crippen molar-refractivity contribution in [1.29, 1.82) is 0 Å². The first-order valence-corrected chi connectivity index (χ1v) is 10.7. The van der Waals surface area contributed by atoms with Gasteiger partial charge in [0.05, 0.1) is 27.8 Å². The summed E-state index contributed by atoms with van der Waals surface area (Å²) in [6.07, 6.45) is 5.86. The molecule has 1 aliphatic rings. The van der Waals surface area contributed by atoms with E-state index in [0.29, 0.717) is 5.02 Å². The second-order valence-electron chi connectivity index (χ2n) is 7.64. The third-order valence-electron chi connectivity index (χ3n) is 5.65. The summed E-state index contributed by atoms with van der Waals surface area (Å²) in [7, 11) is 0. The molecule has 4 aromatic rings. The molecule has 1 fully saturated rings. The molecule has 3 heterocycles. The lowest BCUT2D eigenvalue weighted by Gasteiger charge is -2.26. The van der Waals surface area contributed by atoms with Gasteiger partial charge in [-0.2, -0.15) is 0 Å². The Morgan fingerprint density at radius 1 is 1.03 bits per heavy atom. The number of fused-ring (bicyclic) bond motifs is 2. The molecule has 29 heavy (non-hydrogen) atoms. The molecular weight excluding hydrogens is 382 g/mol. The van der Waals surface area contributed by atoms with Crippen LogP contribution in [0.25, 0.3) is 33.3 Å². The van der Waals surface area contributed by atoms with Crippen LogP contribution in [0.3, 0.4) is 0 Å². The van der Waals surface area contributed by atoms with Gasteiger partial charge in [0.1, 0.15) is 5.82 Å². The fourth-order valence-corrected chi connectivity index (χ4v) is 4.31. The fraction of sp³-hybridized carbons (Fsp3) is 0.304. The number of likely N-dealkylation sites (tertiary alicyclic amines) is 1. The second-order valence-corrected chi connectivity index (χ2v) is 8.08. The van der Waals surface area contributed by atoms with Crippen LogP contribution in [0.15, 0.2) is 48.7 Å². The first-order valence-electron chi connectivity index (χ1n) is 10.3. The van der Waals surface area contributed by atoms with E-state index in [1.165, 1.54) is 32.4 Å². The zero-order valence-corrected chi connectivity index (χ0v) is 17.0. The molecule has 0 amide bonds. The van der Waals surface area contributed by atoms with E-state index in [1.807, 2.05) is 48.7 Å². The Balaban J connectivity index is 1.51. The van der Waals surface area contributed by atoms with Gasteiger partial charge in [-0.3, -0.25) is 4.98 Å². The summed E-state index contributed by atoms with van der Waals surface area (Å²) in [5, 5.41) is 5.44. The number of imidazole rings is 1. The molecule has 6 heteroatoms. The Hall–Kier alpha value is -2.63. The van der Waals surface area contributed by atoms with Crippen LogP contribution in [0.2, 0.25) is 5.02 Å². The number of nitrogens with one attached hydrogen (secondary N) is 2. The number of rotatable bonds is 5. The number of para-hydroxylation sites is 2. The van der Waals surface area contributed by atoms with Crippen LogP contribution in [0.5, 0.6) is 0 Å². The maximum Gasteiger partial charge on any atom is 0.142 e. The molecule has 0 radical (unpaired) electrons. The van der Waals surface area contributed by atoms with Crippen molar-refractivity contribution in [3.8, 4) is 11.4 Å². The van der Waals surface area contributed by atoms with Gasteiger partial charge in [0, 0.05) is 29.7 Å². The molecule has 0 spiro atoms. The zero-order valence-electron chi connectivity index (χ0n) is 16.3. The van der Waals surface area contributed by atoms with Gasteiger partial charge >= 0.3 is 0 Å². The summed E-state index contributed by atoms with van der Waals surface area (Å²) >= 11 is 6.20. The van der Waals surface area contributed by atoms with Gasteiger partial charge in [-0.1, -0.05) is 30.2 Å². The smallest absolute Gasteiger partial charge is 0.142 e. The molecule has 0 atom stereocenters. The maximum absolute atomic E-state index is 6.20. The summed E-state index contributed by atoms with van der Waals surface area (Å²) in [4.78, 5) is 15.4. The number of halogens is 1. The number of hydrogen-bond acceptors (Lipinski definition) is 4. The quantitative estimate of drug-likeness (QED) is 0.471. The van der Waals surface area contributed by atoms with Crippen molar-refractivity contribution in [1.82, 2.24) is 19.9 Å². The average Bonchev–Trinajstić information content (AvgIpc) is 3.18. The van der Waals surface area contributed by atoms with Crippen LogP contribution in [-0.4, -0.2) is 46.0 Å². The van der Waals surface area contributed by atoms with E-state index < -0.39 is 0 Å². The summed E-state index contributed by atoms with van der Waals surface area (Å²) in [5.74, 6) is 0.830. The van der Waals surface area contributed by atoms with Gasteiger partial charge in [-0.15, -0.1) is 0 Å². The van der Waals surface area contributed by atoms with Crippen LogP contribution >= 0.6 is 11.6 Å². The minimum Gasteiger partial charge on any atom is -0.383 e. The lowest BCUT2D eigenvalue weighted by molar-refractivity contribution is 0.237. The Labute approximate surface area is 175 Å². The van der Waals surface area contributed by atoms with Gasteiger partial charge in [0.2, 0.25) is 0 Å². The van der Waals surface area contributed by atoms with Crippen LogP contribution in [-0.2, 0) is 0 Å². The van der Waals surface area contributed by atoms with Gasteiger partial charge < -0.3 is 15.2 Å². The van der Waals surface area contributed by atoms with Crippen molar-refractivity contribution in [3.05, 3.63) is 53.7 Å². The van der Waals surface area contributed by atoms with E-state index in [1.54, 1.807) is 0 Å². The first kappa shape index (κ1) is 18.4. The predicted molar refractivity (Wildman–Crippen MR) is 121 cm³/mol. The SMILES string of the molecule is Clc1ccc2c(NCCN3CCCCC3)c(-c3nc4ccccc4[nH]3)cnc2c1. The molecule has 0 saturated carbocycles. The van der Waals surface area contributed by atoms with Crippen LogP contribution in [0, 0.1) is 0 Å². The number of aromatic nitrogens is 3. The number of benzene rings is 2. The normalized spacial score (nSPS) is 15.2. The molecular formula is C23H24ClN5. The number of piperidine rings is 1. The van der Waals surface area contributed by atoms with Gasteiger partial charge in [-0.25, -0.2) is 4.98 Å². The molecule has 0 unspecified atom stereocenters. The number of aromatic amines is 1. The third-order valence-corrected chi connectivity index (χ3v) is 5.89. The van der Waals surface area contributed by atoms with Gasteiger partial charge in [0.25, 0.3) is 0 Å². The van der Waals surface area contributed by atoms with Gasteiger partial charge in [-0.05, 0) is 56.3 Å². The van der Waals surface area contributed by atoms with Crippen molar-refractivity contribution in [3.63, 3.8) is 0 Å². The van der Waals surface area contributed by atoms with Crippen molar-refractivity contribution in [2.24, 2.45) is 0 Å². The Kier molecular flexibility index (Phi) is 5.08. The van der Waals surface area contributed by atoms with E-state index in [2.05, 4.69) is 20.2 Å². The Bertz CT molecular complexity index is 1110. The summed E-state index contributed by atoms with van der Waals surface area (Å²) in [6, 6.07) is 14.0. The highest BCUT2D eigenvalue weighted by atomic mass is 35.5. The number of nitrogens with zero attached hydrogens (tertiary/aromatic N) is 3. The number of H-pyrrole nitrogens is 1. The molecule has 1 aliphatic heterocycles. The molecule has 1 saturated heterocycles. The highest BCUT2D eigenvalue weighted by molar-refractivity contribution is 6.31. The molecule has 0 bridgehead atoms. The number of hydrogen-bond donors (Lipinski definition) is 2. The van der Waals surface area contributed by atoms with Crippen LogP contribution in [0.4, 0.5) is 5.69 Å². The van der Waals surface area contributed by atoms with Crippen molar-refractivity contribution >= 4 is 39.2 Å². The topological polar surface area (TPSA) is 56.8 Å². The lowest BCUT2D eigenvalue weighted by atomic mass is 10.1. The third kappa shape index (κ3) is 3.80. The molecule has 2 N–H and O–H groups in total. The maximum atomic E-state index is 6.20. The zero-order chi connectivity index (χ0) is 19.6. The minimum atomic E-state index is 0.695. The largest absolute Gasteiger partial charge is 0.383 e. The van der Waals surface area contributed by atoms with Crippen LogP contribution in [0.1, 0.15) is 19.3 Å². The van der Waals surface area contributed by atoms with Crippen molar-refractivity contribution < 1.29 is 0 Å². The van der Waals surface area contributed by atoms with Crippen molar-refractivity contribution in [2.45, 2.75) is 19.3 Å². The highest BCUT2D eigenvalue weighted by Crippen LogP contribution is 2.34. The number of pyridine rings is 1. The molecule has 2 aromatic heterocycles. The summed E-state index contributed by atoms with van der Waals surface area (Å²) in [6.45, 7) is 4.32. The van der Waals surface area contributed by atoms with E-state index >= 15 is 0 Å². The molecule has 148 valence electrons. The summed E-state index contributed by atoms with van der Waals surface area (Å²) < 4.78 is 0. The molecule has 5 nitrogen and oxygen atoms in total. The first-order chi connectivity index (χ1) is 14.3. The Morgan fingerprint density at radius 3 is 2.76 bits per heavy atom.